The summed E-state index contributed by atoms with van der Waals surface area (Å²) < 4.78 is 59.7. The van der Waals surface area contributed by atoms with Crippen molar-refractivity contribution in [3.8, 4) is 6.07 Å². The minimum atomic E-state index is -5.08. The van der Waals surface area contributed by atoms with E-state index >= 15 is 0 Å². The predicted octanol–water partition coefficient (Wildman–Crippen LogP) is 5.22. The first-order valence-electron chi connectivity index (χ1n) is 14.7. The molecule has 1 aromatic carbocycles. The number of carboxylic acid groups (broad SMARTS) is 1. The monoisotopic (exact) mass is 648 g/mol. The number of hydrogen-bond donors (Lipinski definition) is 3. The molecule has 3 aromatic rings. The highest BCUT2D eigenvalue weighted by Gasteiger charge is 2.38. The van der Waals surface area contributed by atoms with Crippen molar-refractivity contribution in [1.29, 1.82) is 5.26 Å². The van der Waals surface area contributed by atoms with Gasteiger partial charge in [-0.1, -0.05) is 31.0 Å². The number of carboxylic acids is 1. The number of carbonyl (C=O) groups is 2. The van der Waals surface area contributed by atoms with Gasteiger partial charge in [0.05, 0.1) is 28.5 Å². The normalized spacial score (nSPS) is 16.5. The molecule has 11 nitrogen and oxygen atoms in total. The smallest absolute Gasteiger partial charge is 0.475 e. The Morgan fingerprint density at radius 3 is 2.31 bits per heavy atom. The van der Waals surface area contributed by atoms with E-state index in [1.54, 1.807) is 42.6 Å². The molecular formula is C30H35F3N6O5S. The lowest BCUT2D eigenvalue weighted by Gasteiger charge is -2.33. The number of nitrogens with one attached hydrogen (secondary N) is 2. The molecule has 1 aliphatic heterocycles. The van der Waals surface area contributed by atoms with Gasteiger partial charge in [-0.15, -0.1) is 0 Å². The van der Waals surface area contributed by atoms with Gasteiger partial charge in [0.25, 0.3) is 10.0 Å². The van der Waals surface area contributed by atoms with E-state index in [-0.39, 0.29) is 16.8 Å². The fourth-order valence-electron chi connectivity index (χ4n) is 5.60. The van der Waals surface area contributed by atoms with Gasteiger partial charge in [0.1, 0.15) is 0 Å². The number of likely N-dealkylation sites (tertiary alicyclic amines) is 1. The number of hydrogen-bond acceptors (Lipinski definition) is 8. The molecule has 1 saturated carbocycles. The van der Waals surface area contributed by atoms with Crippen LogP contribution in [-0.4, -0.2) is 71.1 Å². The average Bonchev–Trinajstić information content (AvgIpc) is 3.69. The van der Waals surface area contributed by atoms with Crippen molar-refractivity contribution in [2.45, 2.75) is 68.5 Å². The number of halogens is 3. The van der Waals surface area contributed by atoms with E-state index in [1.807, 2.05) is 0 Å². The molecule has 1 aliphatic carbocycles. The van der Waals surface area contributed by atoms with Crippen molar-refractivity contribution < 1.29 is 36.3 Å². The SMILES string of the molecule is N#CCCN1CCC(Nc2c(NC(=O)CC3CCCC3)cnc3c2ccn3S(=O)(=O)c2ccccc2)CC1.O=C(O)C(F)(F)F. The van der Waals surface area contributed by atoms with Gasteiger partial charge in [0, 0.05) is 50.1 Å². The van der Waals surface area contributed by atoms with Gasteiger partial charge in [-0.25, -0.2) is 22.2 Å². The lowest BCUT2D eigenvalue weighted by atomic mass is 10.0. The van der Waals surface area contributed by atoms with E-state index in [9.17, 15) is 26.4 Å². The maximum absolute atomic E-state index is 13.4. The Labute approximate surface area is 259 Å². The van der Waals surface area contributed by atoms with Crippen molar-refractivity contribution in [1.82, 2.24) is 13.9 Å². The molecule has 0 atom stereocenters. The van der Waals surface area contributed by atoms with Gasteiger partial charge in [0.15, 0.2) is 5.65 Å². The fourth-order valence-corrected chi connectivity index (χ4v) is 6.93. The molecule has 0 unspecified atom stereocenters. The summed E-state index contributed by atoms with van der Waals surface area (Å²) in [6.07, 6.45) is 5.30. The Kier molecular flexibility index (Phi) is 11.1. The Bertz CT molecular complexity index is 1630. The summed E-state index contributed by atoms with van der Waals surface area (Å²) in [4.78, 5) is 28.8. The second kappa shape index (κ2) is 14.7. The molecule has 15 heteroatoms. The number of aliphatic carboxylic acids is 1. The first-order valence-corrected chi connectivity index (χ1v) is 16.1. The van der Waals surface area contributed by atoms with Crippen LogP contribution in [-0.2, 0) is 19.6 Å². The van der Waals surface area contributed by atoms with Crippen LogP contribution in [0, 0.1) is 17.2 Å². The van der Waals surface area contributed by atoms with Crippen LogP contribution in [0.3, 0.4) is 0 Å². The summed E-state index contributed by atoms with van der Waals surface area (Å²) in [5.41, 5.74) is 1.59. The zero-order chi connectivity index (χ0) is 32.6. The minimum absolute atomic E-state index is 0.0382. The summed E-state index contributed by atoms with van der Waals surface area (Å²) in [6.45, 7) is 2.52. The number of pyridine rings is 1. The minimum Gasteiger partial charge on any atom is -0.475 e. The summed E-state index contributed by atoms with van der Waals surface area (Å²) in [7, 11) is -3.83. The number of carbonyl (C=O) groups excluding carboxylic acids is 1. The second-order valence-electron chi connectivity index (χ2n) is 11.1. The number of fused-ring (bicyclic) bond motifs is 1. The number of rotatable bonds is 9. The number of alkyl halides is 3. The number of aromatic nitrogens is 2. The molecule has 5 rings (SSSR count). The Balaban J connectivity index is 0.000000591. The van der Waals surface area contributed by atoms with Crippen LogP contribution in [0.25, 0.3) is 11.0 Å². The second-order valence-corrected chi connectivity index (χ2v) is 12.9. The maximum Gasteiger partial charge on any atom is 0.490 e. The van der Waals surface area contributed by atoms with Crippen molar-refractivity contribution >= 4 is 44.3 Å². The standard InChI is InChI=1S/C28H34N6O3S.C2HF3O2/c29-14-6-15-33-16-11-22(12-17-33)31-27-24-13-18-34(38(36,37)23-9-2-1-3-10-23)28(24)30-20-25(27)32-26(35)19-21-7-4-5-8-21;3-2(4,5)1(6)7/h1-3,9-10,13,18,20-22H,4-8,11-12,15-17,19H2,(H,30,31)(H,32,35);(H,6,7). The van der Waals surface area contributed by atoms with Crippen LogP contribution in [0.15, 0.2) is 53.7 Å². The van der Waals surface area contributed by atoms with Crippen LogP contribution in [0.5, 0.6) is 0 Å². The van der Waals surface area contributed by atoms with E-state index in [2.05, 4.69) is 26.6 Å². The van der Waals surface area contributed by atoms with Gasteiger partial charge >= 0.3 is 12.1 Å². The van der Waals surface area contributed by atoms with Crippen LogP contribution in [0.4, 0.5) is 24.5 Å². The number of piperidine rings is 1. The van der Waals surface area contributed by atoms with Crippen LogP contribution >= 0.6 is 0 Å². The topological polar surface area (TPSA) is 157 Å². The summed E-state index contributed by atoms with van der Waals surface area (Å²) in [6, 6.07) is 12.4. The van der Waals surface area contributed by atoms with E-state index in [0.29, 0.717) is 41.2 Å². The largest absolute Gasteiger partial charge is 0.490 e. The van der Waals surface area contributed by atoms with Gasteiger partial charge in [-0.05, 0) is 49.8 Å². The fraction of sp³-hybridized carbons (Fsp3) is 0.467. The number of anilines is 2. The molecular weight excluding hydrogens is 613 g/mol. The third-order valence-corrected chi connectivity index (χ3v) is 9.60. The summed E-state index contributed by atoms with van der Waals surface area (Å²) in [5, 5.41) is 23.4. The number of nitriles is 1. The lowest BCUT2D eigenvalue weighted by Crippen LogP contribution is -2.39. The van der Waals surface area contributed by atoms with Crippen molar-refractivity contribution in [3.05, 3.63) is 48.8 Å². The van der Waals surface area contributed by atoms with Crippen molar-refractivity contribution in [3.63, 3.8) is 0 Å². The van der Waals surface area contributed by atoms with Crippen LogP contribution in [0.2, 0.25) is 0 Å². The first-order chi connectivity index (χ1) is 21.4. The van der Waals surface area contributed by atoms with E-state index in [0.717, 1.165) is 45.3 Å². The highest BCUT2D eigenvalue weighted by Crippen LogP contribution is 2.35. The molecule has 1 saturated heterocycles. The Morgan fingerprint density at radius 2 is 1.71 bits per heavy atom. The molecule has 3 heterocycles. The van der Waals surface area contributed by atoms with Gasteiger partial charge in [-0.3, -0.25) is 4.79 Å². The van der Waals surface area contributed by atoms with Gasteiger partial charge < -0.3 is 20.6 Å². The molecule has 0 spiro atoms. The lowest BCUT2D eigenvalue weighted by molar-refractivity contribution is -0.192. The summed E-state index contributed by atoms with van der Waals surface area (Å²) >= 11 is 0. The predicted molar refractivity (Wildman–Crippen MR) is 161 cm³/mol. The molecule has 242 valence electrons. The van der Waals surface area contributed by atoms with E-state index in [4.69, 9.17) is 15.2 Å². The Morgan fingerprint density at radius 1 is 1.07 bits per heavy atom. The first kappa shape index (κ1) is 33.7. The van der Waals surface area contributed by atoms with E-state index in [1.165, 1.54) is 23.0 Å². The molecule has 0 radical (unpaired) electrons. The molecule has 0 bridgehead atoms. The zero-order valence-corrected chi connectivity index (χ0v) is 25.3. The Hall–Kier alpha value is -4.16. The third kappa shape index (κ3) is 8.73. The van der Waals surface area contributed by atoms with E-state index < -0.39 is 22.2 Å². The molecule has 3 N–H and O–H groups in total. The van der Waals surface area contributed by atoms with Crippen molar-refractivity contribution in [2.24, 2.45) is 5.92 Å². The molecule has 45 heavy (non-hydrogen) atoms. The highest BCUT2D eigenvalue weighted by molar-refractivity contribution is 7.90. The average molecular weight is 649 g/mol. The van der Waals surface area contributed by atoms with Crippen LogP contribution in [0.1, 0.15) is 51.4 Å². The maximum atomic E-state index is 13.4. The number of nitrogens with zero attached hydrogens (tertiary/aromatic N) is 4. The van der Waals surface area contributed by atoms with Crippen molar-refractivity contribution in [2.75, 3.05) is 30.3 Å². The zero-order valence-electron chi connectivity index (χ0n) is 24.5. The molecule has 1 amide bonds. The third-order valence-electron chi connectivity index (χ3n) is 7.92. The molecule has 2 fully saturated rings. The highest BCUT2D eigenvalue weighted by atomic mass is 32.2. The summed E-state index contributed by atoms with van der Waals surface area (Å²) in [5.74, 6) is -2.38. The van der Waals surface area contributed by atoms with Gasteiger partial charge in [0.2, 0.25) is 5.91 Å². The molecule has 2 aliphatic rings. The number of amides is 1. The van der Waals surface area contributed by atoms with Crippen LogP contribution < -0.4 is 10.6 Å². The van der Waals surface area contributed by atoms with Gasteiger partial charge in [-0.2, -0.15) is 18.4 Å². The quantitative estimate of drug-likeness (QED) is 0.283. The number of benzene rings is 1. The molecule has 2 aromatic heterocycles.